The molecule has 0 aliphatic rings. The molecule has 0 saturated heterocycles. The van der Waals surface area contributed by atoms with Gasteiger partial charge >= 0.3 is 0 Å². The number of nitrogen functional groups attached to an aromatic ring is 1. The van der Waals surface area contributed by atoms with Crippen LogP contribution in [0.4, 0.5) is 5.95 Å². The van der Waals surface area contributed by atoms with Crippen LogP contribution in [0, 0.1) is 12.3 Å². The van der Waals surface area contributed by atoms with E-state index in [4.69, 9.17) is 11.1 Å². The predicted octanol–water partition coefficient (Wildman–Crippen LogP) is 0.135. The standard InChI is InChI=1S/C8H13N5/c1-5-4-6(7(9)10)12-8(11-5)13(2)3/h4H,1-3H3,(H3,9,10). The molecule has 0 spiro atoms. The van der Waals surface area contributed by atoms with Gasteiger partial charge in [0.15, 0.2) is 0 Å². The van der Waals surface area contributed by atoms with Gasteiger partial charge in [-0.1, -0.05) is 0 Å². The highest BCUT2D eigenvalue weighted by molar-refractivity contribution is 5.93. The number of nitrogens with two attached hydrogens (primary N) is 1. The van der Waals surface area contributed by atoms with Crippen molar-refractivity contribution < 1.29 is 0 Å². The van der Waals surface area contributed by atoms with E-state index in [0.29, 0.717) is 11.6 Å². The summed E-state index contributed by atoms with van der Waals surface area (Å²) < 4.78 is 0. The van der Waals surface area contributed by atoms with Gasteiger partial charge in [0, 0.05) is 19.8 Å². The van der Waals surface area contributed by atoms with E-state index in [1.165, 1.54) is 0 Å². The number of nitrogens with zero attached hydrogens (tertiary/aromatic N) is 3. The van der Waals surface area contributed by atoms with Crippen LogP contribution in [-0.4, -0.2) is 29.9 Å². The van der Waals surface area contributed by atoms with Crippen molar-refractivity contribution >= 4 is 11.8 Å². The van der Waals surface area contributed by atoms with Gasteiger partial charge in [-0.25, -0.2) is 9.97 Å². The lowest BCUT2D eigenvalue weighted by atomic mass is 10.3. The summed E-state index contributed by atoms with van der Waals surface area (Å²) >= 11 is 0. The van der Waals surface area contributed by atoms with Crippen molar-refractivity contribution in [3.63, 3.8) is 0 Å². The van der Waals surface area contributed by atoms with E-state index < -0.39 is 0 Å². The molecule has 5 nitrogen and oxygen atoms in total. The Morgan fingerprint density at radius 2 is 2.08 bits per heavy atom. The number of aromatic nitrogens is 2. The molecular weight excluding hydrogens is 166 g/mol. The summed E-state index contributed by atoms with van der Waals surface area (Å²) in [6.07, 6.45) is 0. The molecule has 0 fully saturated rings. The Labute approximate surface area is 77.1 Å². The fourth-order valence-corrected chi connectivity index (χ4v) is 0.891. The average molecular weight is 179 g/mol. The molecule has 0 unspecified atom stereocenters. The SMILES string of the molecule is Cc1cc(C(=N)N)nc(N(C)C)n1. The first-order valence-corrected chi connectivity index (χ1v) is 3.88. The van der Waals surface area contributed by atoms with Crippen LogP contribution in [0.2, 0.25) is 0 Å². The fourth-order valence-electron chi connectivity index (χ4n) is 0.891. The molecule has 5 heteroatoms. The normalized spacial score (nSPS) is 9.77. The van der Waals surface area contributed by atoms with Crippen LogP contribution >= 0.6 is 0 Å². The summed E-state index contributed by atoms with van der Waals surface area (Å²) in [4.78, 5) is 10.1. The zero-order valence-corrected chi connectivity index (χ0v) is 8.00. The Morgan fingerprint density at radius 1 is 1.46 bits per heavy atom. The van der Waals surface area contributed by atoms with Gasteiger partial charge in [-0.15, -0.1) is 0 Å². The summed E-state index contributed by atoms with van der Waals surface area (Å²) in [6.45, 7) is 1.85. The van der Waals surface area contributed by atoms with Crippen LogP contribution in [0.15, 0.2) is 6.07 Å². The van der Waals surface area contributed by atoms with Gasteiger partial charge in [-0.2, -0.15) is 0 Å². The number of hydrogen-bond acceptors (Lipinski definition) is 4. The maximum Gasteiger partial charge on any atom is 0.225 e. The third-order valence-electron chi connectivity index (χ3n) is 1.52. The molecule has 0 aliphatic carbocycles. The molecule has 0 saturated carbocycles. The van der Waals surface area contributed by atoms with Crippen LogP contribution in [0.25, 0.3) is 0 Å². The van der Waals surface area contributed by atoms with Crippen molar-refractivity contribution in [3.05, 3.63) is 17.5 Å². The Morgan fingerprint density at radius 3 is 2.54 bits per heavy atom. The maximum absolute atomic E-state index is 7.24. The number of aryl methyl sites for hydroxylation is 1. The van der Waals surface area contributed by atoms with E-state index in [2.05, 4.69) is 9.97 Å². The maximum atomic E-state index is 7.24. The lowest BCUT2D eigenvalue weighted by Gasteiger charge is -2.11. The molecule has 0 amide bonds. The minimum absolute atomic E-state index is 0.0337. The van der Waals surface area contributed by atoms with Crippen molar-refractivity contribution in [3.8, 4) is 0 Å². The number of amidine groups is 1. The number of anilines is 1. The van der Waals surface area contributed by atoms with Crippen molar-refractivity contribution in [2.24, 2.45) is 5.73 Å². The Bertz CT molecular complexity index is 331. The molecule has 1 heterocycles. The average Bonchev–Trinajstić information content (AvgIpc) is 2.03. The molecule has 0 aliphatic heterocycles. The largest absolute Gasteiger partial charge is 0.382 e. The van der Waals surface area contributed by atoms with Crippen molar-refractivity contribution in [1.82, 2.24) is 9.97 Å². The highest BCUT2D eigenvalue weighted by atomic mass is 15.2. The van der Waals surface area contributed by atoms with Crippen LogP contribution in [0.3, 0.4) is 0 Å². The van der Waals surface area contributed by atoms with Gasteiger partial charge < -0.3 is 10.6 Å². The first kappa shape index (κ1) is 9.44. The minimum atomic E-state index is -0.0337. The highest BCUT2D eigenvalue weighted by Crippen LogP contribution is 2.06. The second kappa shape index (κ2) is 3.38. The molecule has 0 radical (unpaired) electrons. The molecule has 1 rings (SSSR count). The zero-order valence-electron chi connectivity index (χ0n) is 8.00. The Kier molecular flexibility index (Phi) is 2.46. The van der Waals surface area contributed by atoms with E-state index in [-0.39, 0.29) is 5.84 Å². The van der Waals surface area contributed by atoms with Gasteiger partial charge in [0.2, 0.25) is 5.95 Å². The molecule has 0 aromatic carbocycles. The molecule has 1 aromatic rings. The molecule has 70 valence electrons. The highest BCUT2D eigenvalue weighted by Gasteiger charge is 2.05. The van der Waals surface area contributed by atoms with Gasteiger partial charge in [-0.3, -0.25) is 5.41 Å². The van der Waals surface area contributed by atoms with E-state index in [1.807, 2.05) is 21.0 Å². The molecule has 1 aromatic heterocycles. The second-order valence-corrected chi connectivity index (χ2v) is 3.00. The molecule has 13 heavy (non-hydrogen) atoms. The van der Waals surface area contributed by atoms with Crippen molar-refractivity contribution in [2.75, 3.05) is 19.0 Å². The molecule has 0 bridgehead atoms. The summed E-state index contributed by atoms with van der Waals surface area (Å²) in [6, 6.07) is 1.69. The smallest absolute Gasteiger partial charge is 0.225 e. The van der Waals surface area contributed by atoms with Crippen LogP contribution in [-0.2, 0) is 0 Å². The zero-order chi connectivity index (χ0) is 10.0. The van der Waals surface area contributed by atoms with Crippen LogP contribution < -0.4 is 10.6 Å². The van der Waals surface area contributed by atoms with E-state index in [9.17, 15) is 0 Å². The fraction of sp³-hybridized carbons (Fsp3) is 0.375. The first-order valence-electron chi connectivity index (χ1n) is 3.88. The third kappa shape index (κ3) is 2.14. The number of nitrogens with one attached hydrogen (secondary N) is 1. The minimum Gasteiger partial charge on any atom is -0.382 e. The monoisotopic (exact) mass is 179 g/mol. The quantitative estimate of drug-likeness (QED) is 0.500. The van der Waals surface area contributed by atoms with Gasteiger partial charge in [0.05, 0.1) is 0 Å². The Hall–Kier alpha value is -1.65. The summed E-state index contributed by atoms with van der Waals surface area (Å²) in [5.74, 6) is 0.541. The van der Waals surface area contributed by atoms with Gasteiger partial charge in [-0.05, 0) is 13.0 Å². The lowest BCUT2D eigenvalue weighted by Crippen LogP contribution is -2.19. The third-order valence-corrected chi connectivity index (χ3v) is 1.52. The Balaban J connectivity index is 3.19. The van der Waals surface area contributed by atoms with E-state index in [0.717, 1.165) is 5.69 Å². The van der Waals surface area contributed by atoms with E-state index in [1.54, 1.807) is 11.0 Å². The van der Waals surface area contributed by atoms with Crippen molar-refractivity contribution in [2.45, 2.75) is 6.92 Å². The topological polar surface area (TPSA) is 78.9 Å². The van der Waals surface area contributed by atoms with Gasteiger partial charge in [0.25, 0.3) is 0 Å². The molecule has 0 atom stereocenters. The summed E-state index contributed by atoms with van der Waals surface area (Å²) in [7, 11) is 3.69. The van der Waals surface area contributed by atoms with Gasteiger partial charge in [0.1, 0.15) is 11.5 Å². The summed E-state index contributed by atoms with van der Waals surface area (Å²) in [5.41, 5.74) is 6.60. The van der Waals surface area contributed by atoms with Crippen LogP contribution in [0.5, 0.6) is 0 Å². The predicted molar refractivity (Wildman–Crippen MR) is 52.1 cm³/mol. The number of rotatable bonds is 2. The molecular formula is C8H13N5. The van der Waals surface area contributed by atoms with Crippen molar-refractivity contribution in [1.29, 1.82) is 5.41 Å². The van der Waals surface area contributed by atoms with Crippen LogP contribution in [0.1, 0.15) is 11.4 Å². The number of hydrogen-bond donors (Lipinski definition) is 2. The second-order valence-electron chi connectivity index (χ2n) is 3.00. The first-order chi connectivity index (χ1) is 6.00. The van der Waals surface area contributed by atoms with E-state index >= 15 is 0 Å². The lowest BCUT2D eigenvalue weighted by molar-refractivity contribution is 0.970. The summed E-state index contributed by atoms with van der Waals surface area (Å²) in [5, 5.41) is 7.24. The molecule has 3 N–H and O–H groups in total.